The van der Waals surface area contributed by atoms with E-state index in [1.807, 2.05) is 0 Å². The Bertz CT molecular complexity index is 1340. The number of rotatable bonds is 8. The molecule has 1 aromatic rings. The molecule has 242 valence electrons. The lowest BCUT2D eigenvalue weighted by Gasteiger charge is -2.63. The molecule has 0 amide bonds. The van der Waals surface area contributed by atoms with Gasteiger partial charge in [-0.3, -0.25) is 0 Å². The number of fused-ring (bicyclic) bond motifs is 2. The van der Waals surface area contributed by atoms with Crippen molar-refractivity contribution < 1.29 is 19.4 Å². The van der Waals surface area contributed by atoms with Gasteiger partial charge < -0.3 is 14.6 Å². The number of methoxy groups -OCH3 is 1. The number of carbonyl (C=O) groups is 1. The fourth-order valence-corrected chi connectivity index (χ4v) is 12.5. The van der Waals surface area contributed by atoms with Crippen molar-refractivity contribution in [2.45, 2.75) is 125 Å². The lowest BCUT2D eigenvalue weighted by molar-refractivity contribution is -0.179. The molecule has 9 atom stereocenters. The molecule has 0 radical (unpaired) electrons. The van der Waals surface area contributed by atoms with Crippen LogP contribution in [0.15, 0.2) is 35.9 Å². The number of benzene rings is 1. The van der Waals surface area contributed by atoms with E-state index >= 15 is 0 Å². The van der Waals surface area contributed by atoms with Gasteiger partial charge in [-0.1, -0.05) is 52.3 Å². The van der Waals surface area contributed by atoms with Crippen LogP contribution in [0.3, 0.4) is 0 Å². The number of aromatic hydroxyl groups is 1. The Balaban J connectivity index is 1.15. The third-order valence-corrected chi connectivity index (χ3v) is 14.8. The number of allylic oxidation sites excluding steroid dienone is 2. The number of ether oxygens (including phenoxy) is 2. The summed E-state index contributed by atoms with van der Waals surface area (Å²) < 4.78 is 11.4. The minimum atomic E-state index is -0.276. The summed E-state index contributed by atoms with van der Waals surface area (Å²) in [7, 11) is 1.53. The summed E-state index contributed by atoms with van der Waals surface area (Å²) >= 11 is 0. The topological polar surface area (TPSA) is 55.8 Å². The van der Waals surface area contributed by atoms with Crippen molar-refractivity contribution in [3.63, 3.8) is 0 Å². The molecular formula is C40H58O4. The zero-order valence-corrected chi connectivity index (χ0v) is 28.8. The van der Waals surface area contributed by atoms with Gasteiger partial charge in [-0.15, -0.1) is 0 Å². The summed E-state index contributed by atoms with van der Waals surface area (Å²) in [6.07, 6.45) is 20.1. The van der Waals surface area contributed by atoms with Gasteiger partial charge in [0.1, 0.15) is 6.10 Å². The van der Waals surface area contributed by atoms with E-state index < -0.39 is 0 Å². The summed E-state index contributed by atoms with van der Waals surface area (Å²) in [5.74, 6) is 3.33. The zero-order valence-electron chi connectivity index (χ0n) is 28.8. The maximum atomic E-state index is 13.1. The molecular weight excluding hydrogens is 544 g/mol. The van der Waals surface area contributed by atoms with E-state index in [2.05, 4.69) is 54.5 Å². The highest BCUT2D eigenvalue weighted by Crippen LogP contribution is 2.89. The van der Waals surface area contributed by atoms with Crippen LogP contribution in [0, 0.1) is 50.7 Å². The van der Waals surface area contributed by atoms with E-state index in [-0.39, 0.29) is 23.2 Å². The summed E-state index contributed by atoms with van der Waals surface area (Å²) in [6, 6.07) is 5.09. The van der Waals surface area contributed by atoms with Crippen LogP contribution in [0.2, 0.25) is 0 Å². The molecule has 0 aliphatic heterocycles. The predicted molar refractivity (Wildman–Crippen MR) is 178 cm³/mol. The second-order valence-corrected chi connectivity index (χ2v) is 17.0. The van der Waals surface area contributed by atoms with Crippen LogP contribution in [0.1, 0.15) is 125 Å². The maximum Gasteiger partial charge on any atom is 0.331 e. The molecule has 0 aromatic heterocycles. The molecule has 4 heteroatoms. The molecule has 5 aliphatic rings. The largest absolute Gasteiger partial charge is 0.504 e. The smallest absolute Gasteiger partial charge is 0.331 e. The van der Waals surface area contributed by atoms with Crippen LogP contribution in [-0.4, -0.2) is 24.3 Å². The van der Waals surface area contributed by atoms with Gasteiger partial charge in [0.25, 0.3) is 0 Å². The molecule has 4 nitrogen and oxygen atoms in total. The Kier molecular flexibility index (Phi) is 7.89. The van der Waals surface area contributed by atoms with Crippen LogP contribution in [0.5, 0.6) is 11.5 Å². The Labute approximate surface area is 267 Å². The monoisotopic (exact) mass is 602 g/mol. The number of carbonyl (C=O) groups excluding carboxylic acids is 1. The molecule has 44 heavy (non-hydrogen) atoms. The van der Waals surface area contributed by atoms with Crippen molar-refractivity contribution >= 4 is 12.0 Å². The first-order valence-corrected chi connectivity index (χ1v) is 17.6. The minimum absolute atomic E-state index is 0.0305. The number of phenolic OH excluding ortho intramolecular Hbond substituents is 1. The summed E-state index contributed by atoms with van der Waals surface area (Å²) in [4.78, 5) is 13.1. The van der Waals surface area contributed by atoms with Crippen LogP contribution < -0.4 is 4.74 Å². The van der Waals surface area contributed by atoms with E-state index in [1.54, 1.807) is 24.3 Å². The average molecular weight is 603 g/mol. The second kappa shape index (κ2) is 10.9. The second-order valence-electron chi connectivity index (χ2n) is 17.0. The Hall–Kier alpha value is -2.23. The van der Waals surface area contributed by atoms with Gasteiger partial charge in [0.05, 0.1) is 7.11 Å². The van der Waals surface area contributed by atoms with Crippen LogP contribution >= 0.6 is 0 Å². The Morgan fingerprint density at radius 1 is 0.977 bits per heavy atom. The molecule has 1 aromatic carbocycles. The van der Waals surface area contributed by atoms with Gasteiger partial charge in [0.2, 0.25) is 0 Å². The molecule has 5 saturated carbocycles. The molecule has 0 bridgehead atoms. The average Bonchev–Trinajstić information content (AvgIpc) is 3.55. The van der Waals surface area contributed by atoms with Crippen LogP contribution in [0.25, 0.3) is 6.08 Å². The molecule has 0 unspecified atom stereocenters. The van der Waals surface area contributed by atoms with Crippen molar-refractivity contribution in [2.24, 2.45) is 50.7 Å². The van der Waals surface area contributed by atoms with Gasteiger partial charge in [-0.2, -0.15) is 0 Å². The standard InChI is InChI=1S/C40H58O4/c1-26(2)10-9-11-27(3)29-18-20-38(7)33-16-15-32-36(4,5)34(19-21-39(32)25-40(33,39)23-22-37(29,38)6)44-35(42)17-13-28-12-14-30(41)31(24-28)43-8/h10,12-14,17,24,27,29,32-34,41H,9,11,15-16,18-23,25H2,1-8H3/b17-13+/t27-,29-,32+,33+,34+,37+,38+,39+,40-/m1/s1. The quantitative estimate of drug-likeness (QED) is 0.183. The van der Waals surface area contributed by atoms with Crippen molar-refractivity contribution in [1.29, 1.82) is 0 Å². The Morgan fingerprint density at radius 2 is 1.70 bits per heavy atom. The van der Waals surface area contributed by atoms with Crippen molar-refractivity contribution in [3.8, 4) is 11.5 Å². The minimum Gasteiger partial charge on any atom is -0.504 e. The molecule has 5 fully saturated rings. The first kappa shape index (κ1) is 31.7. The number of hydrogen-bond donors (Lipinski definition) is 1. The lowest BCUT2D eigenvalue weighted by atomic mass is 9.41. The Morgan fingerprint density at radius 3 is 2.43 bits per heavy atom. The predicted octanol–water partition coefficient (Wildman–Crippen LogP) is 10.1. The van der Waals surface area contributed by atoms with Crippen molar-refractivity contribution in [1.82, 2.24) is 0 Å². The van der Waals surface area contributed by atoms with E-state index in [0.29, 0.717) is 33.3 Å². The molecule has 0 saturated heterocycles. The third-order valence-electron chi connectivity index (χ3n) is 14.8. The summed E-state index contributed by atoms with van der Waals surface area (Å²) in [5, 5.41) is 9.88. The zero-order chi connectivity index (χ0) is 31.7. The molecule has 1 N–H and O–H groups in total. The number of hydrogen-bond acceptors (Lipinski definition) is 4. The van der Waals surface area contributed by atoms with E-state index in [0.717, 1.165) is 29.7 Å². The maximum absolute atomic E-state index is 13.1. The van der Waals surface area contributed by atoms with Gasteiger partial charge >= 0.3 is 5.97 Å². The lowest BCUT2D eigenvalue weighted by Crippen LogP contribution is -2.58. The highest BCUT2D eigenvalue weighted by molar-refractivity contribution is 5.87. The molecule has 0 heterocycles. The SMILES string of the molecule is COc1cc(/C=C/C(=O)O[C@H]2CC[C@@]34C[C@@]35CC[C@@]3(C)[C@@H]([C@H](C)CCC=C(C)C)CC[C@@]3(C)[C@@H]5CC[C@H]4C2(C)C)ccc1O. The fraction of sp³-hybridized carbons (Fsp3) is 0.725. The van der Waals surface area contributed by atoms with Gasteiger partial charge in [-0.25, -0.2) is 4.79 Å². The van der Waals surface area contributed by atoms with Crippen molar-refractivity contribution in [2.75, 3.05) is 7.11 Å². The molecule has 6 rings (SSSR count). The highest BCUT2D eigenvalue weighted by Gasteiger charge is 2.82. The first-order chi connectivity index (χ1) is 20.7. The fourth-order valence-electron chi connectivity index (χ4n) is 12.5. The summed E-state index contributed by atoms with van der Waals surface area (Å²) in [6.45, 7) is 17.2. The van der Waals surface area contributed by atoms with Crippen molar-refractivity contribution in [3.05, 3.63) is 41.5 Å². The van der Waals surface area contributed by atoms with Gasteiger partial charge in [-0.05, 0) is 154 Å². The summed E-state index contributed by atoms with van der Waals surface area (Å²) in [5.41, 5.74) is 4.08. The van der Waals surface area contributed by atoms with Gasteiger partial charge in [0, 0.05) is 11.5 Å². The number of phenols is 1. The van der Waals surface area contributed by atoms with E-state index in [9.17, 15) is 9.90 Å². The first-order valence-electron chi connectivity index (χ1n) is 17.6. The highest BCUT2D eigenvalue weighted by atomic mass is 16.5. The molecule has 2 spiro atoms. The van der Waals surface area contributed by atoms with E-state index in [1.165, 1.54) is 83.0 Å². The molecule has 5 aliphatic carbocycles. The number of esters is 1. The normalized spacial score (nSPS) is 40.6. The van der Waals surface area contributed by atoms with Crippen LogP contribution in [0.4, 0.5) is 0 Å². The van der Waals surface area contributed by atoms with E-state index in [4.69, 9.17) is 9.47 Å². The van der Waals surface area contributed by atoms with Gasteiger partial charge in [0.15, 0.2) is 11.5 Å². The van der Waals surface area contributed by atoms with Crippen LogP contribution in [-0.2, 0) is 9.53 Å². The third kappa shape index (κ3) is 4.62.